The Morgan fingerprint density at radius 3 is 2.50 bits per heavy atom. The minimum atomic E-state index is -0.452. The van der Waals surface area contributed by atoms with Crippen LogP contribution in [0.2, 0.25) is 5.02 Å². The van der Waals surface area contributed by atoms with Crippen LogP contribution in [0.1, 0.15) is 16.0 Å². The summed E-state index contributed by atoms with van der Waals surface area (Å²) in [6.07, 6.45) is 0.509. The molecular formula is C14H10BrClFNO2. The maximum atomic E-state index is 13.7. The van der Waals surface area contributed by atoms with Gasteiger partial charge in [0, 0.05) is 27.5 Å². The number of nitro groups is 1. The third kappa shape index (κ3) is 3.55. The molecule has 0 amide bonds. The summed E-state index contributed by atoms with van der Waals surface area (Å²) in [5.74, 6) is -0.335. The van der Waals surface area contributed by atoms with Crippen molar-refractivity contribution in [3.63, 3.8) is 0 Å². The Morgan fingerprint density at radius 2 is 1.90 bits per heavy atom. The van der Waals surface area contributed by atoms with E-state index in [0.717, 1.165) is 5.56 Å². The maximum absolute atomic E-state index is 13.7. The first-order valence-corrected chi connectivity index (χ1v) is 7.09. The van der Waals surface area contributed by atoms with E-state index in [1.54, 1.807) is 18.2 Å². The van der Waals surface area contributed by atoms with Gasteiger partial charge in [-0.1, -0.05) is 39.7 Å². The Hall–Kier alpha value is -1.46. The molecule has 3 nitrogen and oxygen atoms in total. The molecule has 20 heavy (non-hydrogen) atoms. The summed E-state index contributed by atoms with van der Waals surface area (Å²) in [5, 5.41) is 11.0. The molecule has 0 aliphatic heterocycles. The highest BCUT2D eigenvalue weighted by Gasteiger charge is 2.14. The van der Waals surface area contributed by atoms with Gasteiger partial charge in [0.25, 0.3) is 5.69 Å². The monoisotopic (exact) mass is 357 g/mol. The van der Waals surface area contributed by atoms with Gasteiger partial charge in [0.15, 0.2) is 0 Å². The average molecular weight is 359 g/mol. The van der Waals surface area contributed by atoms with Crippen LogP contribution >= 0.6 is 27.5 Å². The van der Waals surface area contributed by atoms with Crippen LogP contribution in [-0.4, -0.2) is 4.92 Å². The molecule has 0 spiro atoms. The molecule has 0 bridgehead atoms. The molecule has 0 saturated carbocycles. The summed E-state index contributed by atoms with van der Waals surface area (Å²) in [6.45, 7) is 0. The lowest BCUT2D eigenvalue weighted by Gasteiger charge is -2.11. The van der Waals surface area contributed by atoms with Crippen molar-refractivity contribution in [2.24, 2.45) is 0 Å². The van der Waals surface area contributed by atoms with E-state index in [2.05, 4.69) is 15.9 Å². The van der Waals surface area contributed by atoms with Crippen molar-refractivity contribution >= 4 is 33.2 Å². The number of hydrogen-bond acceptors (Lipinski definition) is 2. The molecule has 0 radical (unpaired) electrons. The van der Waals surface area contributed by atoms with Crippen LogP contribution in [-0.2, 0) is 6.42 Å². The Morgan fingerprint density at radius 1 is 1.25 bits per heavy atom. The van der Waals surface area contributed by atoms with E-state index < -0.39 is 4.92 Å². The topological polar surface area (TPSA) is 43.1 Å². The van der Waals surface area contributed by atoms with Crippen LogP contribution in [0.3, 0.4) is 0 Å². The van der Waals surface area contributed by atoms with E-state index in [1.165, 1.54) is 24.3 Å². The molecule has 6 heteroatoms. The van der Waals surface area contributed by atoms with Crippen LogP contribution < -0.4 is 0 Å². The van der Waals surface area contributed by atoms with Gasteiger partial charge in [-0.3, -0.25) is 10.1 Å². The molecule has 0 heterocycles. The van der Waals surface area contributed by atoms with Crippen LogP contribution in [0.25, 0.3) is 0 Å². The molecule has 104 valence electrons. The average Bonchev–Trinajstić information content (AvgIpc) is 2.42. The minimum absolute atomic E-state index is 0.0359. The molecule has 0 saturated heterocycles. The predicted octanol–water partition coefficient (Wildman–Crippen LogP) is 5.07. The number of nitrogens with zero attached hydrogens (tertiary/aromatic N) is 1. The van der Waals surface area contributed by atoms with Gasteiger partial charge >= 0.3 is 0 Å². The molecule has 0 N–H and O–H groups in total. The van der Waals surface area contributed by atoms with Crippen molar-refractivity contribution in [3.8, 4) is 0 Å². The zero-order chi connectivity index (χ0) is 14.7. The number of halogens is 3. The first kappa shape index (κ1) is 14.9. The van der Waals surface area contributed by atoms with E-state index in [1.807, 2.05) is 0 Å². The molecule has 0 aliphatic carbocycles. The second-order valence-corrected chi connectivity index (χ2v) is 5.80. The molecular weight excluding hydrogens is 349 g/mol. The van der Waals surface area contributed by atoms with E-state index in [4.69, 9.17) is 11.6 Å². The second kappa shape index (κ2) is 6.33. The van der Waals surface area contributed by atoms with Gasteiger partial charge in [0.05, 0.1) is 4.92 Å². The van der Waals surface area contributed by atoms with E-state index in [0.29, 0.717) is 17.0 Å². The molecule has 0 fully saturated rings. The van der Waals surface area contributed by atoms with Crippen molar-refractivity contribution < 1.29 is 9.31 Å². The van der Waals surface area contributed by atoms with Gasteiger partial charge in [-0.15, -0.1) is 0 Å². The van der Waals surface area contributed by atoms with Gasteiger partial charge in [0.2, 0.25) is 0 Å². The molecule has 0 aromatic heterocycles. The minimum Gasteiger partial charge on any atom is -0.258 e. The number of rotatable bonds is 4. The fourth-order valence-corrected chi connectivity index (χ4v) is 2.73. The molecule has 2 rings (SSSR count). The van der Waals surface area contributed by atoms with Crippen LogP contribution in [0.15, 0.2) is 42.5 Å². The first-order valence-electron chi connectivity index (χ1n) is 5.79. The lowest BCUT2D eigenvalue weighted by molar-refractivity contribution is -0.384. The summed E-state index contributed by atoms with van der Waals surface area (Å²) in [7, 11) is 0. The van der Waals surface area contributed by atoms with Crippen molar-refractivity contribution in [1.82, 2.24) is 0 Å². The fourth-order valence-electron chi connectivity index (χ4n) is 1.83. The van der Waals surface area contributed by atoms with Gasteiger partial charge < -0.3 is 0 Å². The lowest BCUT2D eigenvalue weighted by atomic mass is 10.0. The summed E-state index contributed by atoms with van der Waals surface area (Å²) >= 11 is 9.28. The number of hydrogen-bond donors (Lipinski definition) is 0. The normalized spacial score (nSPS) is 12.2. The molecule has 2 aromatic rings. The van der Waals surface area contributed by atoms with Gasteiger partial charge in [0.1, 0.15) is 5.82 Å². The Balaban J connectivity index is 2.16. The Bertz CT molecular complexity index is 634. The first-order chi connectivity index (χ1) is 9.47. The zero-order valence-electron chi connectivity index (χ0n) is 10.2. The van der Waals surface area contributed by atoms with Crippen molar-refractivity contribution in [2.75, 3.05) is 0 Å². The van der Waals surface area contributed by atoms with Crippen molar-refractivity contribution in [1.29, 1.82) is 0 Å². The summed E-state index contributed by atoms with van der Waals surface area (Å²) in [6, 6.07) is 10.6. The van der Waals surface area contributed by atoms with Gasteiger partial charge in [-0.05, 0) is 30.2 Å². The van der Waals surface area contributed by atoms with Gasteiger partial charge in [-0.2, -0.15) is 0 Å². The highest BCUT2D eigenvalue weighted by molar-refractivity contribution is 9.09. The molecule has 2 aromatic carbocycles. The summed E-state index contributed by atoms with van der Waals surface area (Å²) < 4.78 is 13.7. The second-order valence-electron chi connectivity index (χ2n) is 4.26. The largest absolute Gasteiger partial charge is 0.269 e. The fraction of sp³-hybridized carbons (Fsp3) is 0.143. The highest BCUT2D eigenvalue weighted by atomic mass is 79.9. The third-order valence-electron chi connectivity index (χ3n) is 2.86. The molecule has 1 unspecified atom stereocenters. The quantitative estimate of drug-likeness (QED) is 0.435. The molecule has 1 atom stereocenters. The molecule has 0 aliphatic rings. The SMILES string of the molecule is O=[N+]([O-])c1ccc(CC(Br)c2cc(Cl)ccc2F)cc1. The summed E-state index contributed by atoms with van der Waals surface area (Å²) in [5.41, 5.74) is 1.38. The Labute approximate surface area is 128 Å². The zero-order valence-corrected chi connectivity index (χ0v) is 12.6. The number of non-ortho nitro benzene ring substituents is 1. The van der Waals surface area contributed by atoms with Crippen LogP contribution in [0.4, 0.5) is 10.1 Å². The number of alkyl halides is 1. The smallest absolute Gasteiger partial charge is 0.258 e. The van der Waals surface area contributed by atoms with Crippen LogP contribution in [0, 0.1) is 15.9 Å². The highest BCUT2D eigenvalue weighted by Crippen LogP contribution is 2.31. The number of benzene rings is 2. The third-order valence-corrected chi connectivity index (χ3v) is 3.91. The summed E-state index contributed by atoms with van der Waals surface area (Å²) in [4.78, 5) is 9.87. The van der Waals surface area contributed by atoms with Crippen LogP contribution in [0.5, 0.6) is 0 Å². The Kier molecular flexibility index (Phi) is 4.73. The van der Waals surface area contributed by atoms with Gasteiger partial charge in [-0.25, -0.2) is 4.39 Å². The van der Waals surface area contributed by atoms with Crippen molar-refractivity contribution in [3.05, 3.63) is 74.5 Å². The van der Waals surface area contributed by atoms with E-state index in [9.17, 15) is 14.5 Å². The van der Waals surface area contributed by atoms with E-state index in [-0.39, 0.29) is 16.3 Å². The lowest BCUT2D eigenvalue weighted by Crippen LogP contribution is -1.99. The van der Waals surface area contributed by atoms with E-state index >= 15 is 0 Å². The standard InChI is InChI=1S/C14H10BrClFNO2/c15-13(12-8-10(16)3-6-14(12)17)7-9-1-4-11(5-2-9)18(19)20/h1-6,8,13H,7H2. The predicted molar refractivity (Wildman–Crippen MR) is 79.9 cm³/mol. The maximum Gasteiger partial charge on any atom is 0.269 e. The number of nitro benzene ring substituents is 1. The van der Waals surface area contributed by atoms with Crippen molar-refractivity contribution in [2.45, 2.75) is 11.2 Å².